The summed E-state index contributed by atoms with van der Waals surface area (Å²) in [7, 11) is 1.88. The molecule has 0 saturated heterocycles. The van der Waals surface area contributed by atoms with Crippen molar-refractivity contribution in [2.24, 2.45) is 23.7 Å². The highest BCUT2D eigenvalue weighted by molar-refractivity contribution is 5.77. The van der Waals surface area contributed by atoms with E-state index < -0.39 is 48.3 Å². The average Bonchev–Trinajstić information content (AvgIpc) is 0.939. The third-order valence-corrected chi connectivity index (χ3v) is 21.5. The quantitative estimate of drug-likeness (QED) is 0.0250. The largest absolute Gasteiger partial charge is 0.465 e. The predicted molar refractivity (Wildman–Crippen MR) is 452 cm³/mol. The van der Waals surface area contributed by atoms with E-state index in [1.807, 2.05) is 11.9 Å². The van der Waals surface area contributed by atoms with Crippen LogP contribution in [-0.4, -0.2) is 220 Å². The number of nitrogens with zero attached hydrogens (tertiary/aromatic N) is 3. The van der Waals surface area contributed by atoms with Crippen LogP contribution in [0.2, 0.25) is 0 Å². The summed E-state index contributed by atoms with van der Waals surface area (Å²) in [5.74, 6) is -4.80. The second kappa shape index (κ2) is 78.3. The fourth-order valence-electron chi connectivity index (χ4n) is 14.1. The number of carbonyl (C=O) groups excluding carboxylic acids is 8. The molecule has 4 atom stereocenters. The lowest BCUT2D eigenvalue weighted by Crippen LogP contribution is -2.45. The molecule has 0 aliphatic carbocycles. The Hall–Kier alpha value is -4.52. The summed E-state index contributed by atoms with van der Waals surface area (Å²) < 4.78 is 44.8. The van der Waals surface area contributed by atoms with Crippen molar-refractivity contribution in [2.75, 3.05) is 112 Å². The van der Waals surface area contributed by atoms with Gasteiger partial charge < -0.3 is 63.2 Å². The molecule has 0 heterocycles. The summed E-state index contributed by atoms with van der Waals surface area (Å²) in [6, 6.07) is 0. The van der Waals surface area contributed by atoms with Crippen molar-refractivity contribution in [2.45, 2.75) is 401 Å². The SMILES string of the molecule is CCCCCCC(CCCCCC)C(=O)OCCCCOC(=O)C(O)CN(CCCN(C)CCCN(CC(O)C(=O)OCCCCOC(=O)C(CCCCCC)CCCCCC)CC(O)C(=O)OCCCCOC(=O)C(CCCCCC)CCCCCC)CC(O)C(=O)OCCCCOC(=O)C(CCCCCC)CCCCCC. The highest BCUT2D eigenvalue weighted by atomic mass is 16.6. The standard InChI is InChI=1S/C91H171N3O20/c1-10-18-26-34-52-76(53-35-27-19-11-2)84(99)107-64-42-46-68-111-88(103)80(95)72-93(73-81(96)89(104)112-69-47-43-65-108-85(100)77(54-36-28-20-12-3)55-37-29-21-13-4)62-50-60-92(9)61-51-63-94(74-82(97)90(105)113-70-48-44-66-109-86(101)78(56-38-30-22-14-5)57-39-31-23-15-6)75-83(98)91(106)114-71-49-45-67-110-87(102)79(58-40-32-24-16-7)59-41-33-25-17-8/h76-83,95-98H,10-75H2,1-9H3. The first-order valence-electron chi connectivity index (χ1n) is 46.5. The Balaban J connectivity index is 6.20. The molecule has 0 aliphatic heterocycles. The van der Waals surface area contributed by atoms with E-state index in [9.17, 15) is 58.8 Å². The van der Waals surface area contributed by atoms with Gasteiger partial charge in [-0.3, -0.25) is 29.0 Å². The zero-order valence-electron chi connectivity index (χ0n) is 74.0. The maximum Gasteiger partial charge on any atom is 0.336 e. The number of carbonyl (C=O) groups is 8. The fraction of sp³-hybridized carbons (Fsp3) is 0.912. The molecular weight excluding hydrogens is 1460 g/mol. The molecule has 0 radical (unpaired) electrons. The summed E-state index contributed by atoms with van der Waals surface area (Å²) in [6.07, 6.45) is 38.8. The monoisotopic (exact) mass is 1630 g/mol. The van der Waals surface area contributed by atoms with E-state index in [0.29, 0.717) is 77.3 Å². The van der Waals surface area contributed by atoms with Crippen LogP contribution in [0.25, 0.3) is 0 Å². The van der Waals surface area contributed by atoms with Gasteiger partial charge in [0.25, 0.3) is 0 Å². The molecule has 114 heavy (non-hydrogen) atoms. The molecule has 0 aliphatic rings. The molecule has 670 valence electrons. The second-order valence-electron chi connectivity index (χ2n) is 32.3. The summed E-state index contributed by atoms with van der Waals surface area (Å²) >= 11 is 0. The normalized spacial score (nSPS) is 12.8. The zero-order valence-corrected chi connectivity index (χ0v) is 74.0. The Morgan fingerprint density at radius 1 is 0.211 bits per heavy atom. The Morgan fingerprint density at radius 2 is 0.368 bits per heavy atom. The van der Waals surface area contributed by atoms with Crippen LogP contribution >= 0.6 is 0 Å². The Morgan fingerprint density at radius 3 is 0.526 bits per heavy atom. The minimum absolute atomic E-state index is 0.0213. The first-order valence-corrected chi connectivity index (χ1v) is 46.5. The maximum absolute atomic E-state index is 13.3. The van der Waals surface area contributed by atoms with E-state index >= 15 is 0 Å². The summed E-state index contributed by atoms with van der Waals surface area (Å²) in [5, 5.41) is 45.0. The second-order valence-corrected chi connectivity index (χ2v) is 32.3. The summed E-state index contributed by atoms with van der Waals surface area (Å²) in [4.78, 5) is 111. The molecule has 0 aromatic rings. The topological polar surface area (TPSA) is 301 Å². The first kappa shape index (κ1) is 109. The lowest BCUT2D eigenvalue weighted by Gasteiger charge is -2.28. The highest BCUT2D eigenvalue weighted by Gasteiger charge is 2.30. The van der Waals surface area contributed by atoms with Gasteiger partial charge in [0, 0.05) is 26.2 Å². The van der Waals surface area contributed by atoms with E-state index in [1.165, 1.54) is 0 Å². The van der Waals surface area contributed by atoms with Crippen LogP contribution in [0.15, 0.2) is 0 Å². The van der Waals surface area contributed by atoms with Gasteiger partial charge >= 0.3 is 47.8 Å². The molecule has 0 aromatic carbocycles. The molecule has 0 fully saturated rings. The van der Waals surface area contributed by atoms with Crippen LogP contribution < -0.4 is 0 Å². The Kier molecular flexibility index (Phi) is 75.2. The lowest BCUT2D eigenvalue weighted by molar-refractivity contribution is -0.158. The highest BCUT2D eigenvalue weighted by Crippen LogP contribution is 2.25. The van der Waals surface area contributed by atoms with Crippen molar-refractivity contribution in [3.05, 3.63) is 0 Å². The molecule has 0 bridgehead atoms. The fourth-order valence-corrected chi connectivity index (χ4v) is 14.1. The number of esters is 8. The molecule has 0 spiro atoms. The van der Waals surface area contributed by atoms with Crippen LogP contribution in [0.5, 0.6) is 0 Å². The number of ether oxygens (including phenoxy) is 8. The number of aliphatic hydroxyl groups is 4. The summed E-state index contributed by atoms with van der Waals surface area (Å²) in [6.45, 7) is 18.2. The zero-order chi connectivity index (χ0) is 84.3. The van der Waals surface area contributed by atoms with Crippen molar-refractivity contribution in [3.63, 3.8) is 0 Å². The van der Waals surface area contributed by atoms with Gasteiger partial charge in [-0.2, -0.15) is 0 Å². The third kappa shape index (κ3) is 62.6. The first-order chi connectivity index (χ1) is 55.3. The van der Waals surface area contributed by atoms with Gasteiger partial charge in [0.15, 0.2) is 24.4 Å². The van der Waals surface area contributed by atoms with Gasteiger partial charge in [-0.25, -0.2) is 19.2 Å². The molecule has 4 unspecified atom stereocenters. The molecule has 4 N–H and O–H groups in total. The van der Waals surface area contributed by atoms with Gasteiger partial charge in [-0.15, -0.1) is 0 Å². The van der Waals surface area contributed by atoms with Crippen LogP contribution in [0, 0.1) is 23.7 Å². The van der Waals surface area contributed by atoms with Crippen molar-refractivity contribution < 1.29 is 96.7 Å². The van der Waals surface area contributed by atoms with Gasteiger partial charge in [0.1, 0.15) is 0 Å². The van der Waals surface area contributed by atoms with Crippen LogP contribution in [0.1, 0.15) is 376 Å². The minimum Gasteiger partial charge on any atom is -0.465 e. The minimum atomic E-state index is -1.64. The Labute approximate surface area is 692 Å². The molecule has 0 amide bonds. The summed E-state index contributed by atoms with van der Waals surface area (Å²) in [5.41, 5.74) is 0. The average molecular weight is 1630 g/mol. The number of hydrogen-bond donors (Lipinski definition) is 4. The molecule has 23 nitrogen and oxygen atoms in total. The lowest BCUT2D eigenvalue weighted by atomic mass is 9.94. The predicted octanol–water partition coefficient (Wildman–Crippen LogP) is 17.4. The van der Waals surface area contributed by atoms with Crippen molar-refractivity contribution in [3.8, 4) is 0 Å². The smallest absolute Gasteiger partial charge is 0.336 e. The number of rotatable bonds is 84. The number of hydrogen-bond acceptors (Lipinski definition) is 23. The molecule has 0 saturated carbocycles. The van der Waals surface area contributed by atoms with Crippen LogP contribution in [0.3, 0.4) is 0 Å². The van der Waals surface area contributed by atoms with E-state index in [2.05, 4.69) is 55.4 Å². The van der Waals surface area contributed by atoms with E-state index in [4.69, 9.17) is 37.9 Å². The Bertz CT molecular complexity index is 1970. The van der Waals surface area contributed by atoms with Gasteiger partial charge in [0.05, 0.1) is 76.5 Å². The number of unbranched alkanes of at least 4 members (excludes halogenated alkanes) is 28. The van der Waals surface area contributed by atoms with E-state index in [1.54, 1.807) is 9.80 Å². The van der Waals surface area contributed by atoms with Crippen LogP contribution in [0.4, 0.5) is 0 Å². The number of aliphatic hydroxyl groups excluding tert-OH is 4. The van der Waals surface area contributed by atoms with Crippen molar-refractivity contribution in [1.82, 2.24) is 14.7 Å². The van der Waals surface area contributed by atoms with Gasteiger partial charge in [-0.1, -0.05) is 261 Å². The van der Waals surface area contributed by atoms with E-state index in [-0.39, 0.29) is 140 Å². The third-order valence-electron chi connectivity index (χ3n) is 21.5. The maximum atomic E-state index is 13.3. The van der Waals surface area contributed by atoms with Crippen molar-refractivity contribution in [1.29, 1.82) is 0 Å². The van der Waals surface area contributed by atoms with Gasteiger partial charge in [-0.05, 0) is 149 Å². The van der Waals surface area contributed by atoms with E-state index in [0.717, 1.165) is 257 Å². The van der Waals surface area contributed by atoms with Crippen LogP contribution in [-0.2, 0) is 76.3 Å². The molecule has 0 aromatic heterocycles. The molecule has 0 rings (SSSR count). The van der Waals surface area contributed by atoms with Gasteiger partial charge in [0.2, 0.25) is 0 Å². The molecule has 23 heteroatoms. The van der Waals surface area contributed by atoms with Crippen molar-refractivity contribution >= 4 is 47.8 Å². The molecular formula is C91H171N3O20.